The number of thioether (sulfide) groups is 1. The quantitative estimate of drug-likeness (QED) is 0.515. The first-order chi connectivity index (χ1) is 16.7. The Labute approximate surface area is 202 Å². The van der Waals surface area contributed by atoms with Gasteiger partial charge in [0.2, 0.25) is 11.9 Å². The third kappa shape index (κ3) is 4.97. The molecule has 0 spiro atoms. The normalized spacial score (nSPS) is 17.4. The molecule has 1 amide bonds. The molecule has 178 valence electrons. The predicted molar refractivity (Wildman–Crippen MR) is 129 cm³/mol. The van der Waals surface area contributed by atoms with Crippen LogP contribution in [0.3, 0.4) is 0 Å². The van der Waals surface area contributed by atoms with Crippen LogP contribution in [0.1, 0.15) is 5.56 Å². The molecule has 0 bridgehead atoms. The van der Waals surface area contributed by atoms with E-state index in [1.165, 1.54) is 11.8 Å². The van der Waals surface area contributed by atoms with Crippen LogP contribution in [0, 0.1) is 6.92 Å². The average Bonchev–Trinajstić information content (AvgIpc) is 3.30. The van der Waals surface area contributed by atoms with E-state index in [0.29, 0.717) is 37.3 Å². The number of morpholine rings is 1. The summed E-state index contributed by atoms with van der Waals surface area (Å²) in [5, 5.41) is 12.5. The summed E-state index contributed by atoms with van der Waals surface area (Å²) in [5.41, 5.74) is 2.11. The molecule has 1 N–H and O–H groups in total. The Morgan fingerprint density at radius 3 is 2.68 bits per heavy atom. The maximum atomic E-state index is 12.6. The van der Waals surface area contributed by atoms with Gasteiger partial charge in [0.05, 0.1) is 31.2 Å². The number of amides is 1. The Balaban J connectivity index is 1.24. The molecule has 1 atom stereocenters. The minimum Gasteiger partial charge on any atom is -0.486 e. The van der Waals surface area contributed by atoms with Crippen molar-refractivity contribution in [1.29, 1.82) is 0 Å². The SMILES string of the molecule is Cc1ccccc1-n1c(SCC(=O)NC[C@H]2COc3ccccc3O2)nnc1N1CCOCC1. The molecule has 0 aliphatic carbocycles. The fraction of sp³-hybridized carbons (Fsp3) is 0.375. The van der Waals surface area contributed by atoms with E-state index >= 15 is 0 Å². The van der Waals surface area contributed by atoms with E-state index < -0.39 is 0 Å². The van der Waals surface area contributed by atoms with Gasteiger partial charge < -0.3 is 24.4 Å². The highest BCUT2D eigenvalue weighted by atomic mass is 32.2. The van der Waals surface area contributed by atoms with Gasteiger partial charge in [-0.2, -0.15) is 0 Å². The van der Waals surface area contributed by atoms with Crippen molar-refractivity contribution in [3.63, 3.8) is 0 Å². The first kappa shape index (κ1) is 22.5. The number of hydrogen-bond acceptors (Lipinski definition) is 8. The lowest BCUT2D eigenvalue weighted by Crippen LogP contribution is -2.41. The van der Waals surface area contributed by atoms with Gasteiger partial charge in [-0.25, -0.2) is 0 Å². The van der Waals surface area contributed by atoms with Crippen LogP contribution in [-0.4, -0.2) is 72.0 Å². The van der Waals surface area contributed by atoms with Crippen LogP contribution < -0.4 is 19.7 Å². The number of benzene rings is 2. The zero-order valence-electron chi connectivity index (χ0n) is 19.0. The molecule has 3 aromatic rings. The van der Waals surface area contributed by atoms with Crippen molar-refractivity contribution >= 4 is 23.6 Å². The van der Waals surface area contributed by atoms with Crippen LogP contribution in [0.5, 0.6) is 11.5 Å². The van der Waals surface area contributed by atoms with E-state index in [-0.39, 0.29) is 17.8 Å². The third-order valence-corrected chi connectivity index (χ3v) is 6.62. The molecule has 5 rings (SSSR count). The second-order valence-corrected chi connectivity index (χ2v) is 9.04. The van der Waals surface area contributed by atoms with Gasteiger partial charge in [-0.3, -0.25) is 9.36 Å². The number of hydrogen-bond donors (Lipinski definition) is 1. The fourth-order valence-corrected chi connectivity index (χ4v) is 4.69. The first-order valence-electron chi connectivity index (χ1n) is 11.3. The zero-order valence-corrected chi connectivity index (χ0v) is 19.8. The van der Waals surface area contributed by atoms with Gasteiger partial charge >= 0.3 is 0 Å². The lowest BCUT2D eigenvalue weighted by atomic mass is 10.2. The monoisotopic (exact) mass is 481 g/mol. The average molecular weight is 482 g/mol. The van der Waals surface area contributed by atoms with Crippen LogP contribution in [0.4, 0.5) is 5.95 Å². The highest BCUT2D eigenvalue weighted by Crippen LogP contribution is 2.31. The molecule has 1 aromatic heterocycles. The maximum absolute atomic E-state index is 12.6. The van der Waals surface area contributed by atoms with Gasteiger partial charge in [-0.1, -0.05) is 42.1 Å². The Kier molecular flexibility index (Phi) is 6.87. The van der Waals surface area contributed by atoms with E-state index in [1.54, 1.807) is 0 Å². The summed E-state index contributed by atoms with van der Waals surface area (Å²) in [5.74, 6) is 2.32. The highest BCUT2D eigenvalue weighted by Gasteiger charge is 2.24. The van der Waals surface area contributed by atoms with Gasteiger partial charge in [0.1, 0.15) is 12.7 Å². The van der Waals surface area contributed by atoms with Crippen LogP contribution >= 0.6 is 11.8 Å². The molecule has 0 saturated carbocycles. The van der Waals surface area contributed by atoms with Gasteiger partial charge in [0, 0.05) is 13.1 Å². The molecule has 9 nitrogen and oxygen atoms in total. The van der Waals surface area contributed by atoms with Crippen molar-refractivity contribution in [3.8, 4) is 17.2 Å². The molecule has 1 saturated heterocycles. The number of nitrogens with one attached hydrogen (secondary N) is 1. The maximum Gasteiger partial charge on any atom is 0.232 e. The molecule has 2 aliphatic heterocycles. The van der Waals surface area contributed by atoms with E-state index in [4.69, 9.17) is 14.2 Å². The number of ether oxygens (including phenoxy) is 3. The number of para-hydroxylation sites is 3. The summed E-state index contributed by atoms with van der Waals surface area (Å²) < 4.78 is 19.2. The first-order valence-corrected chi connectivity index (χ1v) is 12.3. The van der Waals surface area contributed by atoms with Crippen molar-refractivity contribution in [3.05, 3.63) is 54.1 Å². The zero-order chi connectivity index (χ0) is 23.3. The van der Waals surface area contributed by atoms with Gasteiger partial charge in [0.15, 0.2) is 16.7 Å². The fourth-order valence-electron chi connectivity index (χ4n) is 3.92. The topological polar surface area (TPSA) is 90.7 Å². The smallest absolute Gasteiger partial charge is 0.232 e. The molecule has 34 heavy (non-hydrogen) atoms. The van der Waals surface area contributed by atoms with E-state index in [2.05, 4.69) is 33.4 Å². The lowest BCUT2D eigenvalue weighted by Gasteiger charge is -2.28. The molecule has 2 aliphatic rings. The molecule has 10 heteroatoms. The Hall–Kier alpha value is -3.24. The second-order valence-electron chi connectivity index (χ2n) is 8.09. The molecular formula is C24H27N5O4S. The van der Waals surface area contributed by atoms with Crippen LogP contribution in [0.15, 0.2) is 53.7 Å². The second kappa shape index (κ2) is 10.4. The molecule has 1 fully saturated rings. The van der Waals surface area contributed by atoms with Crippen molar-refractivity contribution in [2.24, 2.45) is 0 Å². The number of aromatic nitrogens is 3. The Morgan fingerprint density at radius 1 is 1.09 bits per heavy atom. The lowest BCUT2D eigenvalue weighted by molar-refractivity contribution is -0.119. The third-order valence-electron chi connectivity index (χ3n) is 5.69. The summed E-state index contributed by atoms with van der Waals surface area (Å²) in [6.45, 7) is 5.64. The van der Waals surface area contributed by atoms with Crippen molar-refractivity contribution in [2.75, 3.05) is 50.1 Å². The van der Waals surface area contributed by atoms with Crippen molar-refractivity contribution < 1.29 is 19.0 Å². The standard InChI is InChI=1S/C24H27N5O4S/c1-17-6-2-3-7-19(17)29-23(28-10-12-31-13-11-28)26-27-24(29)34-16-22(30)25-14-18-15-32-20-8-4-5-9-21(20)33-18/h2-9,18H,10-16H2,1H3,(H,25,30)/t18-/m0/s1. The number of fused-ring (bicyclic) bond motifs is 1. The van der Waals surface area contributed by atoms with E-state index in [9.17, 15) is 4.79 Å². The van der Waals surface area contributed by atoms with Gasteiger partial charge in [-0.15, -0.1) is 10.2 Å². The number of carbonyl (C=O) groups excluding carboxylic acids is 1. The number of rotatable bonds is 7. The van der Waals surface area contributed by atoms with E-state index in [0.717, 1.165) is 36.0 Å². The van der Waals surface area contributed by atoms with Gasteiger partial charge in [-0.05, 0) is 30.7 Å². The van der Waals surface area contributed by atoms with Crippen LogP contribution in [0.2, 0.25) is 0 Å². The molecular weight excluding hydrogens is 454 g/mol. The van der Waals surface area contributed by atoms with Gasteiger partial charge in [0.25, 0.3) is 0 Å². The number of nitrogens with zero attached hydrogens (tertiary/aromatic N) is 4. The van der Waals surface area contributed by atoms with Crippen LogP contribution in [0.25, 0.3) is 5.69 Å². The summed E-state index contributed by atoms with van der Waals surface area (Å²) in [6, 6.07) is 15.6. The minimum absolute atomic E-state index is 0.0975. The summed E-state index contributed by atoms with van der Waals surface area (Å²) >= 11 is 1.37. The Morgan fingerprint density at radius 2 is 1.85 bits per heavy atom. The highest BCUT2D eigenvalue weighted by molar-refractivity contribution is 7.99. The summed E-state index contributed by atoms with van der Waals surface area (Å²) in [6.07, 6.45) is -0.229. The van der Waals surface area contributed by atoms with Crippen LogP contribution in [-0.2, 0) is 9.53 Å². The van der Waals surface area contributed by atoms with E-state index in [1.807, 2.05) is 47.0 Å². The summed E-state index contributed by atoms with van der Waals surface area (Å²) in [7, 11) is 0. The predicted octanol–water partition coefficient (Wildman–Crippen LogP) is 2.46. The van der Waals surface area contributed by atoms with Crippen molar-refractivity contribution in [1.82, 2.24) is 20.1 Å². The number of anilines is 1. The number of aryl methyl sites for hydroxylation is 1. The Bertz CT molecular complexity index is 1150. The molecule has 2 aromatic carbocycles. The molecule has 3 heterocycles. The van der Waals surface area contributed by atoms with Crippen molar-refractivity contribution in [2.45, 2.75) is 18.2 Å². The summed E-state index contributed by atoms with van der Waals surface area (Å²) in [4.78, 5) is 14.8. The minimum atomic E-state index is -0.229. The molecule has 0 unspecified atom stereocenters. The molecule has 0 radical (unpaired) electrons. The largest absolute Gasteiger partial charge is 0.486 e. The number of carbonyl (C=O) groups is 1.